The van der Waals surface area contributed by atoms with Crippen molar-refractivity contribution < 1.29 is 14.0 Å². The Morgan fingerprint density at radius 1 is 1.42 bits per heavy atom. The Bertz CT molecular complexity index is 839. The van der Waals surface area contributed by atoms with Gasteiger partial charge in [0.25, 0.3) is 5.91 Å². The van der Waals surface area contributed by atoms with E-state index in [-0.39, 0.29) is 17.4 Å². The van der Waals surface area contributed by atoms with Crippen LogP contribution in [0.15, 0.2) is 42.0 Å². The Kier molecular flexibility index (Phi) is 3.93. The lowest BCUT2D eigenvalue weighted by Crippen LogP contribution is -2.32. The van der Waals surface area contributed by atoms with Gasteiger partial charge in [-0.2, -0.15) is 0 Å². The van der Waals surface area contributed by atoms with Crippen molar-refractivity contribution in [1.29, 1.82) is 0 Å². The van der Waals surface area contributed by atoms with Crippen LogP contribution < -0.4 is 5.32 Å². The van der Waals surface area contributed by atoms with Crippen LogP contribution in [0.2, 0.25) is 0 Å². The lowest BCUT2D eigenvalue weighted by Gasteiger charge is -2.26. The number of aromatic nitrogens is 1. The minimum atomic E-state index is -0.653. The molecule has 1 atom stereocenters. The zero-order valence-corrected chi connectivity index (χ0v) is 15.0. The zero-order chi connectivity index (χ0) is 18.5. The summed E-state index contributed by atoms with van der Waals surface area (Å²) in [7, 11) is 0. The molecule has 1 N–H and O–H groups in total. The van der Waals surface area contributed by atoms with Crippen molar-refractivity contribution in [1.82, 2.24) is 15.2 Å². The van der Waals surface area contributed by atoms with Crippen molar-refractivity contribution in [3.8, 4) is 0 Å². The molecule has 0 radical (unpaired) electrons. The summed E-state index contributed by atoms with van der Waals surface area (Å²) in [4.78, 5) is 30.8. The van der Waals surface area contributed by atoms with Crippen LogP contribution >= 0.6 is 0 Å². The summed E-state index contributed by atoms with van der Waals surface area (Å²) in [6, 6.07) is 1.35. The maximum absolute atomic E-state index is 13.8. The largest absolute Gasteiger partial charge is 0.322 e. The molecule has 1 unspecified atom stereocenters. The lowest BCUT2D eigenvalue weighted by molar-refractivity contribution is -0.134. The molecular formula is C20H22FN3O2. The van der Waals surface area contributed by atoms with Crippen molar-refractivity contribution in [3.63, 3.8) is 0 Å². The third kappa shape index (κ3) is 2.83. The average molecular weight is 355 g/mol. The first kappa shape index (κ1) is 16.9. The first-order valence-corrected chi connectivity index (χ1v) is 9.02. The molecule has 2 amide bonds. The molecule has 2 fully saturated rings. The smallest absolute Gasteiger partial charge is 0.258 e. The summed E-state index contributed by atoms with van der Waals surface area (Å²) in [5.74, 6) is -0.304. The van der Waals surface area contributed by atoms with Crippen LogP contribution in [0, 0.1) is 23.1 Å². The van der Waals surface area contributed by atoms with Gasteiger partial charge in [-0.05, 0) is 37.3 Å². The molecular weight excluding hydrogens is 333 g/mol. The number of fused-ring (bicyclic) bond motifs is 1. The summed E-state index contributed by atoms with van der Waals surface area (Å²) in [6.07, 6.45) is 9.22. The van der Waals surface area contributed by atoms with Gasteiger partial charge < -0.3 is 10.2 Å². The van der Waals surface area contributed by atoms with E-state index in [2.05, 4.69) is 10.3 Å². The van der Waals surface area contributed by atoms with Gasteiger partial charge in [-0.1, -0.05) is 19.9 Å². The van der Waals surface area contributed by atoms with Gasteiger partial charge in [-0.3, -0.25) is 14.6 Å². The third-order valence-electron chi connectivity index (χ3n) is 5.63. The minimum Gasteiger partial charge on any atom is -0.322 e. The maximum Gasteiger partial charge on any atom is 0.258 e. The predicted octanol–water partition coefficient (Wildman–Crippen LogP) is 3.02. The number of nitrogens with one attached hydrogen (secondary N) is 1. The van der Waals surface area contributed by atoms with Gasteiger partial charge in [-0.25, -0.2) is 4.39 Å². The second kappa shape index (κ2) is 6.04. The number of pyridine rings is 1. The van der Waals surface area contributed by atoms with Gasteiger partial charge in [0.15, 0.2) is 5.82 Å². The summed E-state index contributed by atoms with van der Waals surface area (Å²) in [6.45, 7) is 4.74. The summed E-state index contributed by atoms with van der Waals surface area (Å²) in [5, 5.41) is 2.76. The maximum atomic E-state index is 13.8. The van der Waals surface area contributed by atoms with Crippen molar-refractivity contribution in [2.75, 3.05) is 6.54 Å². The predicted molar refractivity (Wildman–Crippen MR) is 94.2 cm³/mol. The fourth-order valence-corrected chi connectivity index (χ4v) is 3.82. The van der Waals surface area contributed by atoms with E-state index in [1.54, 1.807) is 0 Å². The van der Waals surface area contributed by atoms with Gasteiger partial charge >= 0.3 is 0 Å². The second-order valence-corrected chi connectivity index (χ2v) is 7.91. The van der Waals surface area contributed by atoms with Gasteiger partial charge in [0, 0.05) is 30.1 Å². The molecule has 4 rings (SSSR count). The van der Waals surface area contributed by atoms with Gasteiger partial charge in [0.2, 0.25) is 5.91 Å². The molecule has 26 heavy (non-hydrogen) atoms. The van der Waals surface area contributed by atoms with E-state index >= 15 is 0 Å². The quantitative estimate of drug-likeness (QED) is 0.903. The number of amides is 2. The number of hydrogen-bond donors (Lipinski definition) is 1. The summed E-state index contributed by atoms with van der Waals surface area (Å²) >= 11 is 0. The highest BCUT2D eigenvalue weighted by molar-refractivity contribution is 5.96. The molecule has 2 aliphatic carbocycles. The number of rotatable bonds is 4. The van der Waals surface area contributed by atoms with Crippen molar-refractivity contribution in [3.05, 3.63) is 53.4 Å². The van der Waals surface area contributed by atoms with Crippen LogP contribution in [0.3, 0.4) is 0 Å². The number of likely N-dealkylation sites (tertiary alicyclic amines) is 1. The third-order valence-corrected chi connectivity index (χ3v) is 5.63. The van der Waals surface area contributed by atoms with Crippen molar-refractivity contribution >= 4 is 11.8 Å². The van der Waals surface area contributed by atoms with Gasteiger partial charge in [-0.15, -0.1) is 0 Å². The normalized spacial score (nSPS) is 24.0. The Morgan fingerprint density at radius 2 is 2.19 bits per heavy atom. The van der Waals surface area contributed by atoms with E-state index in [4.69, 9.17) is 0 Å². The van der Waals surface area contributed by atoms with Gasteiger partial charge in [0.05, 0.1) is 17.2 Å². The highest BCUT2D eigenvalue weighted by Crippen LogP contribution is 2.49. The highest BCUT2D eigenvalue weighted by atomic mass is 19.1. The number of carbonyl (C=O) groups is 2. The monoisotopic (exact) mass is 355 g/mol. The first-order valence-electron chi connectivity index (χ1n) is 9.02. The Morgan fingerprint density at radius 3 is 2.88 bits per heavy atom. The summed E-state index contributed by atoms with van der Waals surface area (Å²) in [5.41, 5.74) is 1.10. The second-order valence-electron chi connectivity index (χ2n) is 7.91. The zero-order valence-electron chi connectivity index (χ0n) is 15.0. The molecule has 1 aliphatic heterocycles. The molecule has 1 aromatic rings. The van der Waals surface area contributed by atoms with E-state index in [9.17, 15) is 14.0 Å². The fraction of sp³-hybridized carbons (Fsp3) is 0.450. The average Bonchev–Trinajstić information content (AvgIpc) is 3.40. The Balaban J connectivity index is 1.57. The molecule has 5 nitrogen and oxygen atoms in total. The lowest BCUT2D eigenvalue weighted by atomic mass is 9.76. The van der Waals surface area contributed by atoms with Crippen LogP contribution in [-0.4, -0.2) is 28.2 Å². The van der Waals surface area contributed by atoms with Crippen LogP contribution in [0.5, 0.6) is 0 Å². The van der Waals surface area contributed by atoms with Crippen molar-refractivity contribution in [2.45, 2.75) is 33.1 Å². The molecule has 2 heterocycles. The Labute approximate surface area is 152 Å². The number of nitrogens with zero attached hydrogens (tertiary/aromatic N) is 2. The minimum absolute atomic E-state index is 0.0425. The molecule has 1 aromatic heterocycles. The molecule has 6 heteroatoms. The fourth-order valence-electron chi connectivity index (χ4n) is 3.82. The van der Waals surface area contributed by atoms with E-state index in [1.807, 2.05) is 30.9 Å². The number of halogens is 1. The molecule has 136 valence electrons. The number of allylic oxidation sites excluding steroid dienone is 3. The molecule has 3 aliphatic rings. The van der Waals surface area contributed by atoms with Crippen LogP contribution in [0.1, 0.15) is 43.5 Å². The first-order chi connectivity index (χ1) is 12.4. The standard InChI is InChI=1S/C20H22FN3O2/c1-20(2)15-6-5-13(23-18(25)14-7-8-22-10-16(14)21)9-17(15)24(19(20)26)11-12-3-4-12/h5,7-10,12,15H,3-4,6,11H2,1-2H3,(H,23,25). The molecule has 0 aromatic carbocycles. The molecule has 1 saturated heterocycles. The topological polar surface area (TPSA) is 62.3 Å². The van der Waals surface area contributed by atoms with Gasteiger partial charge in [0.1, 0.15) is 0 Å². The van der Waals surface area contributed by atoms with Crippen LogP contribution in [0.25, 0.3) is 0 Å². The molecule has 1 saturated carbocycles. The van der Waals surface area contributed by atoms with E-state index in [1.165, 1.54) is 25.1 Å². The Hall–Kier alpha value is -2.50. The number of hydrogen-bond acceptors (Lipinski definition) is 3. The van der Waals surface area contributed by atoms with E-state index < -0.39 is 17.1 Å². The SMILES string of the molecule is CC1(C)C(=O)N(CC2CC2)C2=CC(NC(=O)c3ccncc3F)=CCC21. The van der Waals surface area contributed by atoms with E-state index in [0.29, 0.717) is 18.0 Å². The number of carbonyl (C=O) groups excluding carboxylic acids is 2. The summed E-state index contributed by atoms with van der Waals surface area (Å²) < 4.78 is 13.8. The molecule has 0 spiro atoms. The van der Waals surface area contributed by atoms with E-state index in [0.717, 1.165) is 18.4 Å². The highest BCUT2D eigenvalue weighted by Gasteiger charge is 2.51. The molecule has 0 bridgehead atoms. The van der Waals surface area contributed by atoms with Crippen molar-refractivity contribution in [2.24, 2.45) is 17.3 Å². The van der Waals surface area contributed by atoms with Crippen LogP contribution in [0.4, 0.5) is 4.39 Å². The van der Waals surface area contributed by atoms with Crippen LogP contribution in [-0.2, 0) is 4.79 Å².